The topological polar surface area (TPSA) is 62.7 Å². The van der Waals surface area contributed by atoms with Crippen LogP contribution < -0.4 is 10.6 Å². The fourth-order valence-corrected chi connectivity index (χ4v) is 2.01. The predicted molar refractivity (Wildman–Crippen MR) is 87.0 cm³/mol. The zero-order valence-electron chi connectivity index (χ0n) is 11.0. The lowest BCUT2D eigenvalue weighted by Gasteiger charge is -2.07. The van der Waals surface area contributed by atoms with E-state index in [0.717, 1.165) is 15.8 Å². The minimum Gasteiger partial charge on any atom is -0.339 e. The quantitative estimate of drug-likeness (QED) is 0.747. The van der Waals surface area contributed by atoms with Crippen LogP contribution in [0.3, 0.4) is 0 Å². The van der Waals surface area contributed by atoms with Crippen molar-refractivity contribution in [2.45, 2.75) is 0 Å². The monoisotopic (exact) mass is 341 g/mol. The van der Waals surface area contributed by atoms with Gasteiger partial charge in [-0.05, 0) is 36.4 Å². The molecule has 104 valence electrons. The molecule has 0 aliphatic rings. The standard InChI is InChI=1S/C15H12BrN5/c16-11-6-8-13(9-7-11)19-15-20-14(10-17-21-15)18-12-4-2-1-3-5-12/h1-10H,(H2,18,19,20,21). The molecule has 3 aromatic rings. The minimum atomic E-state index is 0.443. The Hall–Kier alpha value is -2.47. The maximum absolute atomic E-state index is 4.38. The first kappa shape index (κ1) is 13.5. The van der Waals surface area contributed by atoms with Gasteiger partial charge in [0.05, 0.1) is 6.20 Å². The van der Waals surface area contributed by atoms with Crippen molar-refractivity contribution in [3.8, 4) is 0 Å². The van der Waals surface area contributed by atoms with Crippen LogP contribution in [-0.4, -0.2) is 15.2 Å². The van der Waals surface area contributed by atoms with Crippen molar-refractivity contribution in [1.82, 2.24) is 15.2 Å². The van der Waals surface area contributed by atoms with Gasteiger partial charge in [0.25, 0.3) is 0 Å². The summed E-state index contributed by atoms with van der Waals surface area (Å²) < 4.78 is 1.02. The molecule has 3 rings (SSSR count). The van der Waals surface area contributed by atoms with E-state index >= 15 is 0 Å². The molecular formula is C15H12BrN5. The number of hydrogen-bond donors (Lipinski definition) is 2. The van der Waals surface area contributed by atoms with Crippen molar-refractivity contribution < 1.29 is 0 Å². The normalized spacial score (nSPS) is 10.1. The summed E-state index contributed by atoms with van der Waals surface area (Å²) in [6.07, 6.45) is 1.58. The smallest absolute Gasteiger partial charge is 0.249 e. The number of nitrogens with zero attached hydrogens (tertiary/aromatic N) is 3. The Morgan fingerprint density at radius 2 is 1.52 bits per heavy atom. The first-order chi connectivity index (χ1) is 10.3. The highest BCUT2D eigenvalue weighted by Crippen LogP contribution is 2.18. The lowest BCUT2D eigenvalue weighted by molar-refractivity contribution is 0.982. The van der Waals surface area contributed by atoms with Crippen LogP contribution in [0.2, 0.25) is 0 Å². The Balaban J connectivity index is 1.75. The van der Waals surface area contributed by atoms with Crippen molar-refractivity contribution in [1.29, 1.82) is 0 Å². The Morgan fingerprint density at radius 3 is 2.29 bits per heavy atom. The van der Waals surface area contributed by atoms with Crippen molar-refractivity contribution in [3.63, 3.8) is 0 Å². The van der Waals surface area contributed by atoms with E-state index in [1.54, 1.807) is 6.20 Å². The highest BCUT2D eigenvalue weighted by Gasteiger charge is 2.02. The van der Waals surface area contributed by atoms with Gasteiger partial charge in [-0.15, -0.1) is 5.10 Å². The van der Waals surface area contributed by atoms with E-state index in [1.807, 2.05) is 54.6 Å². The van der Waals surface area contributed by atoms with Crippen LogP contribution in [0.15, 0.2) is 65.3 Å². The summed E-state index contributed by atoms with van der Waals surface area (Å²) in [5, 5.41) is 14.2. The van der Waals surface area contributed by atoms with Crippen molar-refractivity contribution in [2.24, 2.45) is 0 Å². The molecule has 0 fully saturated rings. The van der Waals surface area contributed by atoms with E-state index in [9.17, 15) is 0 Å². The van der Waals surface area contributed by atoms with E-state index < -0.39 is 0 Å². The average Bonchev–Trinajstić information content (AvgIpc) is 2.51. The highest BCUT2D eigenvalue weighted by atomic mass is 79.9. The third-order valence-electron chi connectivity index (χ3n) is 2.71. The number of benzene rings is 2. The van der Waals surface area contributed by atoms with Gasteiger partial charge in [-0.25, -0.2) is 0 Å². The van der Waals surface area contributed by atoms with Crippen molar-refractivity contribution in [2.75, 3.05) is 10.6 Å². The summed E-state index contributed by atoms with van der Waals surface area (Å²) in [6.45, 7) is 0. The van der Waals surface area contributed by atoms with Gasteiger partial charge in [0.1, 0.15) is 0 Å². The molecule has 0 unspecified atom stereocenters. The lowest BCUT2D eigenvalue weighted by atomic mass is 10.3. The maximum Gasteiger partial charge on any atom is 0.249 e. The summed E-state index contributed by atoms with van der Waals surface area (Å²) in [4.78, 5) is 4.38. The van der Waals surface area contributed by atoms with Gasteiger partial charge in [0.2, 0.25) is 5.95 Å². The molecular weight excluding hydrogens is 330 g/mol. The molecule has 2 N–H and O–H groups in total. The van der Waals surface area contributed by atoms with Gasteiger partial charge in [0, 0.05) is 15.8 Å². The summed E-state index contributed by atoms with van der Waals surface area (Å²) in [5.74, 6) is 1.08. The number of hydrogen-bond acceptors (Lipinski definition) is 5. The molecule has 6 heteroatoms. The molecule has 0 atom stereocenters. The molecule has 0 saturated heterocycles. The molecule has 21 heavy (non-hydrogen) atoms. The second kappa shape index (κ2) is 6.32. The van der Waals surface area contributed by atoms with Gasteiger partial charge in [-0.3, -0.25) is 0 Å². The molecule has 0 spiro atoms. The van der Waals surface area contributed by atoms with E-state index in [2.05, 4.69) is 41.7 Å². The van der Waals surface area contributed by atoms with Crippen LogP contribution in [-0.2, 0) is 0 Å². The maximum atomic E-state index is 4.38. The number of para-hydroxylation sites is 1. The van der Waals surface area contributed by atoms with Gasteiger partial charge < -0.3 is 10.6 Å². The van der Waals surface area contributed by atoms with E-state index in [1.165, 1.54) is 0 Å². The van der Waals surface area contributed by atoms with E-state index in [4.69, 9.17) is 0 Å². The molecule has 0 aliphatic carbocycles. The first-order valence-corrected chi connectivity index (χ1v) is 7.13. The van der Waals surface area contributed by atoms with Crippen LogP contribution in [0.25, 0.3) is 0 Å². The lowest BCUT2D eigenvalue weighted by Crippen LogP contribution is -2.02. The number of nitrogens with one attached hydrogen (secondary N) is 2. The fraction of sp³-hybridized carbons (Fsp3) is 0. The number of aromatic nitrogens is 3. The second-order valence-corrected chi connectivity index (χ2v) is 5.20. The summed E-state index contributed by atoms with van der Waals surface area (Å²) in [7, 11) is 0. The van der Waals surface area contributed by atoms with Crippen LogP contribution in [0.1, 0.15) is 0 Å². The molecule has 1 heterocycles. The third kappa shape index (κ3) is 3.76. The van der Waals surface area contributed by atoms with E-state index in [-0.39, 0.29) is 0 Å². The molecule has 0 aliphatic heterocycles. The Kier molecular flexibility index (Phi) is 4.07. The van der Waals surface area contributed by atoms with Crippen LogP contribution in [0.4, 0.5) is 23.1 Å². The van der Waals surface area contributed by atoms with E-state index in [0.29, 0.717) is 11.8 Å². The predicted octanol–water partition coefficient (Wildman–Crippen LogP) is 4.12. The van der Waals surface area contributed by atoms with Gasteiger partial charge >= 0.3 is 0 Å². The largest absolute Gasteiger partial charge is 0.339 e. The molecule has 2 aromatic carbocycles. The molecule has 0 amide bonds. The van der Waals surface area contributed by atoms with Gasteiger partial charge in [-0.1, -0.05) is 34.1 Å². The molecule has 0 saturated carbocycles. The van der Waals surface area contributed by atoms with Gasteiger partial charge in [0.15, 0.2) is 5.82 Å². The van der Waals surface area contributed by atoms with Crippen molar-refractivity contribution >= 4 is 39.1 Å². The summed E-state index contributed by atoms with van der Waals surface area (Å²) in [6, 6.07) is 17.6. The SMILES string of the molecule is Brc1ccc(Nc2nncc(Nc3ccccc3)n2)cc1. The van der Waals surface area contributed by atoms with Gasteiger partial charge in [-0.2, -0.15) is 10.1 Å². The zero-order valence-corrected chi connectivity index (χ0v) is 12.6. The Bertz CT molecular complexity index is 716. The fourth-order valence-electron chi connectivity index (χ4n) is 1.75. The Morgan fingerprint density at radius 1 is 0.810 bits per heavy atom. The molecule has 0 bridgehead atoms. The number of rotatable bonds is 4. The Labute approximate surface area is 130 Å². The third-order valence-corrected chi connectivity index (χ3v) is 3.23. The molecule has 0 radical (unpaired) electrons. The van der Waals surface area contributed by atoms with Crippen LogP contribution in [0.5, 0.6) is 0 Å². The summed E-state index contributed by atoms with van der Waals surface area (Å²) >= 11 is 3.40. The molecule has 1 aromatic heterocycles. The second-order valence-electron chi connectivity index (χ2n) is 4.29. The average molecular weight is 342 g/mol. The number of halogens is 1. The summed E-state index contributed by atoms with van der Waals surface area (Å²) in [5.41, 5.74) is 1.85. The van der Waals surface area contributed by atoms with Crippen LogP contribution in [0, 0.1) is 0 Å². The first-order valence-electron chi connectivity index (χ1n) is 6.34. The number of anilines is 4. The van der Waals surface area contributed by atoms with Crippen molar-refractivity contribution in [3.05, 3.63) is 65.3 Å². The highest BCUT2D eigenvalue weighted by molar-refractivity contribution is 9.10. The minimum absolute atomic E-state index is 0.443. The zero-order chi connectivity index (χ0) is 14.5. The van der Waals surface area contributed by atoms with Crippen LogP contribution >= 0.6 is 15.9 Å². The molecule has 5 nitrogen and oxygen atoms in total.